The molecule has 2 N–H and O–H groups in total. The van der Waals surface area contributed by atoms with Crippen LogP contribution in [0.15, 0.2) is 61.2 Å². The number of benzene rings is 2. The van der Waals surface area contributed by atoms with Crippen molar-refractivity contribution in [1.29, 1.82) is 0 Å². The Morgan fingerprint density at radius 1 is 1.08 bits per heavy atom. The quantitative estimate of drug-likeness (QED) is 0.402. The summed E-state index contributed by atoms with van der Waals surface area (Å²) in [6.07, 6.45) is 6.87. The number of rotatable bonds is 9. The molecule has 2 rings (SSSR count). The number of alkyl carbamates (subject to hydrolysis) is 1. The molecule has 0 heterocycles. The summed E-state index contributed by atoms with van der Waals surface area (Å²) >= 11 is 0. The van der Waals surface area contributed by atoms with Crippen LogP contribution in [0.5, 0.6) is 0 Å². The van der Waals surface area contributed by atoms with Crippen LogP contribution < -0.4 is 10.6 Å². The van der Waals surface area contributed by atoms with Crippen LogP contribution in [0.25, 0.3) is 6.08 Å². The summed E-state index contributed by atoms with van der Waals surface area (Å²) in [5.74, 6) is -1.05. The lowest BCUT2D eigenvalue weighted by Crippen LogP contribution is -2.52. The van der Waals surface area contributed by atoms with Crippen molar-refractivity contribution < 1.29 is 19.1 Å². The smallest absolute Gasteiger partial charge is 0.408 e. The predicted octanol–water partition coefficient (Wildman–Crippen LogP) is 4.45. The van der Waals surface area contributed by atoms with E-state index >= 15 is 0 Å². The van der Waals surface area contributed by atoms with E-state index in [0.717, 1.165) is 16.0 Å². The third-order valence-electron chi connectivity index (χ3n) is 5.05. The SMILES string of the molecule is C#CN(C(=O)C(Cc1ccccc1)NC(=O)OC(C)(C)C)C(C(=O)NC(C)C)c1cccc(C=C)c1. The van der Waals surface area contributed by atoms with E-state index in [1.807, 2.05) is 50.2 Å². The largest absolute Gasteiger partial charge is 0.444 e. The molecule has 0 fully saturated rings. The number of ether oxygens (including phenoxy) is 1. The van der Waals surface area contributed by atoms with E-state index in [0.29, 0.717) is 5.56 Å². The molecule has 190 valence electrons. The van der Waals surface area contributed by atoms with Crippen molar-refractivity contribution >= 4 is 24.0 Å². The highest BCUT2D eigenvalue weighted by Crippen LogP contribution is 2.24. The summed E-state index contributed by atoms with van der Waals surface area (Å²) in [6, 6.07) is 16.3. The van der Waals surface area contributed by atoms with Gasteiger partial charge < -0.3 is 15.4 Å². The Morgan fingerprint density at radius 2 is 1.75 bits per heavy atom. The van der Waals surface area contributed by atoms with Gasteiger partial charge in [-0.05, 0) is 57.4 Å². The Balaban J connectivity index is 2.50. The fourth-order valence-electron chi connectivity index (χ4n) is 3.57. The molecule has 7 heteroatoms. The number of carbonyl (C=O) groups excluding carboxylic acids is 3. The molecular weight excluding hydrogens is 454 g/mol. The summed E-state index contributed by atoms with van der Waals surface area (Å²) in [5, 5.41) is 5.49. The zero-order valence-electron chi connectivity index (χ0n) is 21.6. The summed E-state index contributed by atoms with van der Waals surface area (Å²) in [5.41, 5.74) is 1.33. The average Bonchev–Trinajstić information content (AvgIpc) is 2.80. The molecule has 0 saturated heterocycles. The molecule has 2 unspecified atom stereocenters. The average molecular weight is 490 g/mol. The molecule has 36 heavy (non-hydrogen) atoms. The van der Waals surface area contributed by atoms with E-state index in [1.165, 1.54) is 0 Å². The first kappa shape index (κ1) is 28.2. The van der Waals surface area contributed by atoms with Gasteiger partial charge in [0.15, 0.2) is 0 Å². The van der Waals surface area contributed by atoms with Crippen molar-refractivity contribution in [3.05, 3.63) is 77.9 Å². The van der Waals surface area contributed by atoms with E-state index in [-0.39, 0.29) is 12.5 Å². The molecule has 2 atom stereocenters. The molecule has 2 aromatic rings. The molecule has 0 bridgehead atoms. The first-order valence-corrected chi connectivity index (χ1v) is 11.8. The molecule has 0 radical (unpaired) electrons. The lowest BCUT2D eigenvalue weighted by molar-refractivity contribution is -0.138. The van der Waals surface area contributed by atoms with Crippen LogP contribution in [-0.2, 0) is 20.7 Å². The fraction of sp³-hybridized carbons (Fsp3) is 0.345. The van der Waals surface area contributed by atoms with E-state index in [4.69, 9.17) is 11.2 Å². The topological polar surface area (TPSA) is 87.7 Å². The highest BCUT2D eigenvalue weighted by molar-refractivity contribution is 5.93. The van der Waals surface area contributed by atoms with Gasteiger partial charge in [-0.15, -0.1) is 0 Å². The van der Waals surface area contributed by atoms with Crippen LogP contribution in [0.4, 0.5) is 4.79 Å². The minimum Gasteiger partial charge on any atom is -0.444 e. The Labute approximate surface area is 213 Å². The lowest BCUT2D eigenvalue weighted by atomic mass is 9.99. The normalized spacial score (nSPS) is 12.6. The number of terminal acetylenes is 1. The Bertz CT molecular complexity index is 1110. The van der Waals surface area contributed by atoms with E-state index in [1.54, 1.807) is 45.0 Å². The third-order valence-corrected chi connectivity index (χ3v) is 5.05. The second-order valence-electron chi connectivity index (χ2n) is 9.67. The van der Waals surface area contributed by atoms with E-state index < -0.39 is 35.6 Å². The van der Waals surface area contributed by atoms with Crippen LogP contribution in [0, 0.1) is 12.5 Å². The van der Waals surface area contributed by atoms with Gasteiger partial charge in [-0.2, -0.15) is 0 Å². The zero-order valence-corrected chi connectivity index (χ0v) is 21.6. The number of nitrogens with one attached hydrogen (secondary N) is 2. The van der Waals surface area contributed by atoms with Gasteiger partial charge in [0, 0.05) is 18.5 Å². The monoisotopic (exact) mass is 489 g/mol. The van der Waals surface area contributed by atoms with E-state index in [9.17, 15) is 14.4 Å². The second-order valence-corrected chi connectivity index (χ2v) is 9.67. The zero-order chi connectivity index (χ0) is 26.9. The standard InChI is InChI=1S/C29H35N3O4/c1-8-21-16-13-17-23(18-21)25(26(33)30-20(3)4)32(9-2)27(34)24(19-22-14-11-10-12-15-22)31-28(35)36-29(5,6)7/h2,8,10-18,20,24-25H,1,19H2,3-7H3,(H,30,33)(H,31,35). The highest BCUT2D eigenvalue weighted by Gasteiger charge is 2.36. The summed E-state index contributed by atoms with van der Waals surface area (Å²) in [4.78, 5) is 40.8. The van der Waals surface area contributed by atoms with Crippen molar-refractivity contribution in [2.75, 3.05) is 0 Å². The Hall–Kier alpha value is -4.05. The summed E-state index contributed by atoms with van der Waals surface area (Å²) in [6.45, 7) is 12.6. The van der Waals surface area contributed by atoms with Crippen LogP contribution in [0.2, 0.25) is 0 Å². The minimum absolute atomic E-state index is 0.155. The minimum atomic E-state index is -1.12. The second kappa shape index (κ2) is 12.6. The van der Waals surface area contributed by atoms with Gasteiger partial charge in [0.05, 0.1) is 0 Å². The molecule has 0 aliphatic heterocycles. The third kappa shape index (κ3) is 8.31. The van der Waals surface area contributed by atoms with Crippen molar-refractivity contribution in [3.63, 3.8) is 0 Å². The van der Waals surface area contributed by atoms with Crippen LogP contribution >= 0.6 is 0 Å². The molecule has 0 spiro atoms. The number of hydrogen-bond acceptors (Lipinski definition) is 4. The molecular formula is C29H35N3O4. The van der Waals surface area contributed by atoms with E-state index in [2.05, 4.69) is 23.3 Å². The van der Waals surface area contributed by atoms with Crippen molar-refractivity contribution in [2.45, 2.75) is 64.8 Å². The molecule has 0 aromatic heterocycles. The van der Waals surface area contributed by atoms with Gasteiger partial charge >= 0.3 is 6.09 Å². The van der Waals surface area contributed by atoms with Gasteiger partial charge in [0.2, 0.25) is 5.91 Å². The maximum Gasteiger partial charge on any atom is 0.408 e. The van der Waals surface area contributed by atoms with Gasteiger partial charge in [-0.25, -0.2) is 4.79 Å². The Kier molecular flexibility index (Phi) is 9.86. The highest BCUT2D eigenvalue weighted by atomic mass is 16.6. The predicted molar refractivity (Wildman–Crippen MR) is 142 cm³/mol. The maximum atomic E-state index is 13.9. The first-order chi connectivity index (χ1) is 16.9. The number of amides is 3. The van der Waals surface area contributed by atoms with Gasteiger partial charge in [-0.1, -0.05) is 67.6 Å². The van der Waals surface area contributed by atoms with Gasteiger partial charge in [0.25, 0.3) is 5.91 Å². The van der Waals surface area contributed by atoms with Crippen molar-refractivity contribution in [2.24, 2.45) is 0 Å². The van der Waals surface area contributed by atoms with Gasteiger partial charge in [-0.3, -0.25) is 14.5 Å². The first-order valence-electron chi connectivity index (χ1n) is 11.8. The lowest BCUT2D eigenvalue weighted by Gasteiger charge is -2.31. The van der Waals surface area contributed by atoms with Crippen LogP contribution in [0.1, 0.15) is 57.4 Å². The molecule has 0 aliphatic carbocycles. The molecule has 0 aliphatic rings. The Morgan fingerprint density at radius 3 is 2.31 bits per heavy atom. The fourth-order valence-corrected chi connectivity index (χ4v) is 3.57. The molecule has 3 amide bonds. The van der Waals surface area contributed by atoms with Crippen molar-refractivity contribution in [3.8, 4) is 12.5 Å². The summed E-state index contributed by atoms with van der Waals surface area (Å²) in [7, 11) is 0. The number of hydrogen-bond donors (Lipinski definition) is 2. The van der Waals surface area contributed by atoms with Gasteiger partial charge in [0.1, 0.15) is 17.7 Å². The molecule has 0 saturated carbocycles. The van der Waals surface area contributed by atoms with Crippen molar-refractivity contribution in [1.82, 2.24) is 15.5 Å². The molecule has 7 nitrogen and oxygen atoms in total. The number of nitrogens with zero attached hydrogens (tertiary/aromatic N) is 1. The van der Waals surface area contributed by atoms with Crippen LogP contribution in [0.3, 0.4) is 0 Å². The maximum absolute atomic E-state index is 13.9. The number of carbonyl (C=O) groups is 3. The molecule has 2 aromatic carbocycles. The summed E-state index contributed by atoms with van der Waals surface area (Å²) < 4.78 is 5.38. The van der Waals surface area contributed by atoms with Crippen LogP contribution in [-0.4, -0.2) is 40.5 Å².